The number of para-hydroxylation sites is 1. The summed E-state index contributed by atoms with van der Waals surface area (Å²) in [6.45, 7) is 1.97. The average Bonchev–Trinajstić information content (AvgIpc) is 3.23. The molecule has 0 spiro atoms. The van der Waals surface area contributed by atoms with Gasteiger partial charge in [0.1, 0.15) is 12.4 Å². The lowest BCUT2D eigenvalue weighted by atomic mass is 10.2. The molecule has 0 bridgehead atoms. The highest BCUT2D eigenvalue weighted by Crippen LogP contribution is 2.19. The molecule has 2 N–H and O–H groups in total. The van der Waals surface area contributed by atoms with Crippen molar-refractivity contribution in [3.8, 4) is 5.75 Å². The number of anilines is 1. The van der Waals surface area contributed by atoms with E-state index < -0.39 is 18.0 Å². The Morgan fingerprint density at radius 3 is 2.45 bits per heavy atom. The smallest absolute Gasteiger partial charge is 0.360 e. The summed E-state index contributed by atoms with van der Waals surface area (Å²) in [4.78, 5) is 24.8. The number of aromatic nitrogens is 2. The second-order valence-corrected chi connectivity index (χ2v) is 6.95. The number of nitrogens with zero attached hydrogens (tertiary/aromatic N) is 1. The third-order valence-electron chi connectivity index (χ3n) is 4.69. The standard InChI is InChI=1S/C24H21N3O4/c1-16(31-24(29)22-20-9-5-6-10-21(20)26-27-22)23(28)25-18-11-13-19(14-12-18)30-15-17-7-3-2-4-8-17/h2-14,16H,15H2,1H3,(H,25,28)(H,26,27)/t16-/m1/s1. The molecule has 0 fully saturated rings. The van der Waals surface area contributed by atoms with E-state index in [2.05, 4.69) is 15.5 Å². The molecule has 7 nitrogen and oxygen atoms in total. The number of ether oxygens (including phenoxy) is 2. The minimum atomic E-state index is -0.989. The van der Waals surface area contributed by atoms with Gasteiger partial charge in [0.25, 0.3) is 5.91 Å². The summed E-state index contributed by atoms with van der Waals surface area (Å²) < 4.78 is 11.0. The molecule has 1 heterocycles. The van der Waals surface area contributed by atoms with Gasteiger partial charge in [-0.2, -0.15) is 5.10 Å². The molecule has 0 aliphatic heterocycles. The lowest BCUT2D eigenvalue weighted by Crippen LogP contribution is -2.30. The summed E-state index contributed by atoms with van der Waals surface area (Å²) >= 11 is 0. The quantitative estimate of drug-likeness (QED) is 0.438. The number of hydrogen-bond acceptors (Lipinski definition) is 5. The molecule has 1 atom stereocenters. The highest BCUT2D eigenvalue weighted by molar-refractivity contribution is 6.03. The maximum absolute atomic E-state index is 12.4. The molecule has 0 saturated heterocycles. The first-order valence-electron chi connectivity index (χ1n) is 9.82. The third-order valence-corrected chi connectivity index (χ3v) is 4.69. The van der Waals surface area contributed by atoms with E-state index in [9.17, 15) is 9.59 Å². The largest absolute Gasteiger partial charge is 0.489 e. The molecule has 7 heteroatoms. The summed E-state index contributed by atoms with van der Waals surface area (Å²) in [7, 11) is 0. The van der Waals surface area contributed by atoms with Crippen LogP contribution in [0.5, 0.6) is 5.75 Å². The Morgan fingerprint density at radius 1 is 0.968 bits per heavy atom. The van der Waals surface area contributed by atoms with Gasteiger partial charge in [0, 0.05) is 11.1 Å². The van der Waals surface area contributed by atoms with Crippen molar-refractivity contribution in [3.63, 3.8) is 0 Å². The van der Waals surface area contributed by atoms with Gasteiger partial charge in [-0.25, -0.2) is 4.79 Å². The fraction of sp³-hybridized carbons (Fsp3) is 0.125. The predicted molar refractivity (Wildman–Crippen MR) is 117 cm³/mol. The first-order chi connectivity index (χ1) is 15.1. The number of hydrogen-bond donors (Lipinski definition) is 2. The van der Waals surface area contributed by atoms with Gasteiger partial charge in [-0.15, -0.1) is 0 Å². The van der Waals surface area contributed by atoms with Crippen molar-refractivity contribution in [1.82, 2.24) is 10.2 Å². The molecule has 0 aliphatic carbocycles. The zero-order valence-electron chi connectivity index (χ0n) is 16.9. The molecule has 0 aliphatic rings. The number of carbonyl (C=O) groups is 2. The SMILES string of the molecule is C[C@@H](OC(=O)c1n[nH]c2ccccc12)C(=O)Nc1ccc(OCc2ccccc2)cc1. The topological polar surface area (TPSA) is 93.3 Å². The highest BCUT2D eigenvalue weighted by atomic mass is 16.5. The normalized spacial score (nSPS) is 11.6. The maximum atomic E-state index is 12.4. The van der Waals surface area contributed by atoms with Gasteiger partial charge in [-0.3, -0.25) is 9.89 Å². The minimum absolute atomic E-state index is 0.148. The van der Waals surface area contributed by atoms with Gasteiger partial charge in [-0.05, 0) is 42.8 Å². The van der Waals surface area contributed by atoms with Crippen molar-refractivity contribution in [1.29, 1.82) is 0 Å². The molecule has 3 aromatic carbocycles. The van der Waals surface area contributed by atoms with E-state index in [4.69, 9.17) is 9.47 Å². The molecule has 1 aromatic heterocycles. The van der Waals surface area contributed by atoms with Crippen molar-refractivity contribution in [3.05, 3.63) is 90.1 Å². The van der Waals surface area contributed by atoms with Crippen LogP contribution in [-0.2, 0) is 16.1 Å². The van der Waals surface area contributed by atoms with Gasteiger partial charge in [0.05, 0.1) is 5.52 Å². The number of amides is 1. The number of fused-ring (bicyclic) bond motifs is 1. The van der Waals surface area contributed by atoms with Crippen molar-refractivity contribution >= 4 is 28.5 Å². The van der Waals surface area contributed by atoms with Crippen LogP contribution in [0.15, 0.2) is 78.9 Å². The van der Waals surface area contributed by atoms with E-state index in [1.165, 1.54) is 6.92 Å². The van der Waals surface area contributed by atoms with Crippen LogP contribution in [0, 0.1) is 0 Å². The van der Waals surface area contributed by atoms with Crippen molar-refractivity contribution in [2.24, 2.45) is 0 Å². The molecular weight excluding hydrogens is 394 g/mol. The lowest BCUT2D eigenvalue weighted by molar-refractivity contribution is -0.123. The van der Waals surface area contributed by atoms with Crippen LogP contribution in [0.4, 0.5) is 5.69 Å². The van der Waals surface area contributed by atoms with E-state index >= 15 is 0 Å². The zero-order chi connectivity index (χ0) is 21.6. The fourth-order valence-corrected chi connectivity index (χ4v) is 3.01. The van der Waals surface area contributed by atoms with Gasteiger partial charge >= 0.3 is 5.97 Å². The summed E-state index contributed by atoms with van der Waals surface area (Å²) in [6, 6.07) is 24.1. The second-order valence-electron chi connectivity index (χ2n) is 6.95. The molecule has 4 rings (SSSR count). The molecule has 4 aromatic rings. The summed E-state index contributed by atoms with van der Waals surface area (Å²) in [5, 5.41) is 10.1. The number of carbonyl (C=O) groups excluding carboxylic acids is 2. The molecule has 0 saturated carbocycles. The van der Waals surface area contributed by atoms with E-state index in [1.807, 2.05) is 42.5 Å². The van der Waals surface area contributed by atoms with Crippen LogP contribution in [0.2, 0.25) is 0 Å². The monoisotopic (exact) mass is 415 g/mol. The first kappa shape index (κ1) is 20.2. The van der Waals surface area contributed by atoms with Crippen molar-refractivity contribution in [2.45, 2.75) is 19.6 Å². The van der Waals surface area contributed by atoms with Gasteiger partial charge in [0.15, 0.2) is 11.8 Å². The predicted octanol–water partition coefficient (Wildman–Crippen LogP) is 4.33. The third kappa shape index (κ3) is 4.90. The zero-order valence-corrected chi connectivity index (χ0v) is 16.9. The van der Waals surface area contributed by atoms with E-state index in [1.54, 1.807) is 36.4 Å². The minimum Gasteiger partial charge on any atom is -0.489 e. The second kappa shape index (κ2) is 9.13. The summed E-state index contributed by atoms with van der Waals surface area (Å²) in [6.07, 6.45) is -0.989. The Bertz CT molecular complexity index is 1190. The highest BCUT2D eigenvalue weighted by Gasteiger charge is 2.22. The van der Waals surface area contributed by atoms with Crippen LogP contribution < -0.4 is 10.1 Å². The molecular formula is C24H21N3O4. The van der Waals surface area contributed by atoms with Gasteiger partial charge in [-0.1, -0.05) is 48.5 Å². The van der Waals surface area contributed by atoms with E-state index in [0.29, 0.717) is 23.4 Å². The van der Waals surface area contributed by atoms with Gasteiger partial charge in [0.2, 0.25) is 0 Å². The van der Waals surface area contributed by atoms with Crippen LogP contribution in [-0.4, -0.2) is 28.2 Å². The average molecular weight is 415 g/mol. The van der Waals surface area contributed by atoms with Crippen LogP contribution >= 0.6 is 0 Å². The molecule has 0 unspecified atom stereocenters. The molecule has 0 radical (unpaired) electrons. The molecule has 156 valence electrons. The van der Waals surface area contributed by atoms with Crippen LogP contribution in [0.3, 0.4) is 0 Å². The van der Waals surface area contributed by atoms with Gasteiger partial charge < -0.3 is 14.8 Å². The number of esters is 1. The van der Waals surface area contributed by atoms with Crippen molar-refractivity contribution in [2.75, 3.05) is 5.32 Å². The number of benzene rings is 3. The molecule has 1 amide bonds. The Morgan fingerprint density at radius 2 is 1.68 bits per heavy atom. The Kier molecular flexibility index (Phi) is 5.93. The van der Waals surface area contributed by atoms with E-state index in [-0.39, 0.29) is 5.69 Å². The lowest BCUT2D eigenvalue weighted by Gasteiger charge is -2.13. The number of H-pyrrole nitrogens is 1. The Balaban J connectivity index is 1.31. The Hall–Kier alpha value is -4.13. The molecule has 31 heavy (non-hydrogen) atoms. The van der Waals surface area contributed by atoms with Crippen molar-refractivity contribution < 1.29 is 19.1 Å². The Labute approximate surface area is 179 Å². The number of rotatable bonds is 7. The number of aromatic amines is 1. The van der Waals surface area contributed by atoms with E-state index in [0.717, 1.165) is 11.1 Å². The summed E-state index contributed by atoms with van der Waals surface area (Å²) in [5.74, 6) is -0.414. The first-order valence-corrected chi connectivity index (χ1v) is 9.82. The van der Waals surface area contributed by atoms with Crippen LogP contribution in [0.25, 0.3) is 10.9 Å². The maximum Gasteiger partial charge on any atom is 0.360 e. The fourth-order valence-electron chi connectivity index (χ4n) is 3.01. The van der Waals surface area contributed by atoms with Crippen LogP contribution in [0.1, 0.15) is 23.0 Å². The number of nitrogens with one attached hydrogen (secondary N) is 2. The summed E-state index contributed by atoms with van der Waals surface area (Å²) in [5.41, 5.74) is 2.52.